The molecule has 0 radical (unpaired) electrons. The van der Waals surface area contributed by atoms with Gasteiger partial charge in [-0.15, -0.1) is 0 Å². The molecule has 0 atom stereocenters. The first-order valence-corrected chi connectivity index (χ1v) is 7.29. The highest BCUT2D eigenvalue weighted by Gasteiger charge is 2.39. The fourth-order valence-electron chi connectivity index (χ4n) is 2.75. The lowest BCUT2D eigenvalue weighted by atomic mass is 9.66. The van der Waals surface area contributed by atoms with Gasteiger partial charge in [0, 0.05) is 6.54 Å². The third-order valence-corrected chi connectivity index (χ3v) is 4.14. The van der Waals surface area contributed by atoms with E-state index in [9.17, 15) is 9.59 Å². The Balaban J connectivity index is 2.05. The molecule has 114 valence electrons. The summed E-state index contributed by atoms with van der Waals surface area (Å²) in [5, 5.41) is 19.9. The van der Waals surface area contributed by atoms with E-state index in [4.69, 9.17) is 5.11 Å². The van der Waals surface area contributed by atoms with Crippen LogP contribution in [0.15, 0.2) is 6.07 Å². The Morgan fingerprint density at radius 3 is 2.62 bits per heavy atom. The van der Waals surface area contributed by atoms with E-state index in [2.05, 4.69) is 15.5 Å². The second-order valence-corrected chi connectivity index (χ2v) is 5.81. The molecule has 0 aromatic carbocycles. The molecular weight excluding hydrogens is 270 g/mol. The number of carbonyl (C=O) groups is 2. The van der Waals surface area contributed by atoms with E-state index in [-0.39, 0.29) is 17.7 Å². The molecule has 21 heavy (non-hydrogen) atoms. The summed E-state index contributed by atoms with van der Waals surface area (Å²) >= 11 is 0. The number of rotatable bonds is 6. The van der Waals surface area contributed by atoms with E-state index in [1.807, 2.05) is 6.92 Å². The van der Waals surface area contributed by atoms with Crippen LogP contribution in [-0.2, 0) is 11.2 Å². The van der Waals surface area contributed by atoms with Gasteiger partial charge in [0.2, 0.25) is 0 Å². The van der Waals surface area contributed by atoms with E-state index in [1.54, 1.807) is 13.0 Å². The van der Waals surface area contributed by atoms with E-state index < -0.39 is 5.97 Å². The largest absolute Gasteiger partial charge is 0.481 e. The van der Waals surface area contributed by atoms with Gasteiger partial charge in [-0.25, -0.2) is 0 Å². The number of aryl methyl sites for hydroxylation is 2. The monoisotopic (exact) mass is 291 g/mol. The number of nitrogens with zero attached hydrogens (tertiary/aromatic N) is 2. The van der Waals surface area contributed by atoms with E-state index in [0.717, 1.165) is 19.3 Å². The van der Waals surface area contributed by atoms with Gasteiger partial charge < -0.3 is 10.4 Å². The van der Waals surface area contributed by atoms with Gasteiger partial charge in [0.05, 0.1) is 23.4 Å². The van der Waals surface area contributed by atoms with Crippen LogP contribution < -0.4 is 5.32 Å². The zero-order valence-corrected chi connectivity index (χ0v) is 12.5. The number of carboxylic acids is 1. The minimum atomic E-state index is -0.806. The highest BCUT2D eigenvalue weighted by Crippen LogP contribution is 2.43. The summed E-state index contributed by atoms with van der Waals surface area (Å²) in [4.78, 5) is 23.3. The molecule has 0 spiro atoms. The minimum Gasteiger partial charge on any atom is -0.481 e. The smallest absolute Gasteiger partial charge is 0.303 e. The maximum absolute atomic E-state index is 12.3. The van der Waals surface area contributed by atoms with E-state index in [0.29, 0.717) is 29.9 Å². The van der Waals surface area contributed by atoms with Gasteiger partial charge in [-0.1, -0.05) is 13.3 Å². The molecule has 1 amide bonds. The quantitative estimate of drug-likeness (QED) is 0.832. The number of amides is 1. The van der Waals surface area contributed by atoms with Crippen LogP contribution in [0.5, 0.6) is 0 Å². The first kappa shape index (κ1) is 15.4. The number of aliphatic carboxylic acids is 1. The van der Waals surface area contributed by atoms with Crippen molar-refractivity contribution in [3.05, 3.63) is 23.0 Å². The molecule has 6 nitrogen and oxygen atoms in total. The Labute approximate surface area is 124 Å². The van der Waals surface area contributed by atoms with Crippen LogP contribution in [-0.4, -0.2) is 33.7 Å². The molecule has 6 heteroatoms. The molecule has 0 saturated heterocycles. The zero-order chi connectivity index (χ0) is 15.5. The first-order chi connectivity index (χ1) is 9.96. The molecule has 1 saturated carbocycles. The molecule has 2 rings (SSSR count). The lowest BCUT2D eigenvalue weighted by Gasteiger charge is -2.40. The summed E-state index contributed by atoms with van der Waals surface area (Å²) in [6, 6.07) is 1.73. The molecule has 0 unspecified atom stereocenters. The molecule has 1 fully saturated rings. The molecular formula is C15H21N3O3. The Bertz CT molecular complexity index is 553. The number of aromatic nitrogens is 2. The normalized spacial score (nSPS) is 16.1. The summed E-state index contributed by atoms with van der Waals surface area (Å²) in [7, 11) is 0. The number of nitrogens with one attached hydrogen (secondary N) is 1. The Morgan fingerprint density at radius 2 is 2.10 bits per heavy atom. The fraction of sp³-hybridized carbons (Fsp3) is 0.600. The van der Waals surface area contributed by atoms with Crippen LogP contribution in [0.3, 0.4) is 0 Å². The second kappa shape index (κ2) is 6.20. The number of hydrogen-bond acceptors (Lipinski definition) is 4. The van der Waals surface area contributed by atoms with Crippen LogP contribution in [0.4, 0.5) is 0 Å². The lowest BCUT2D eigenvalue weighted by Crippen LogP contribution is -2.43. The van der Waals surface area contributed by atoms with Crippen LogP contribution in [0.2, 0.25) is 0 Å². The van der Waals surface area contributed by atoms with Gasteiger partial charge in [-0.05, 0) is 37.7 Å². The Kier molecular flexibility index (Phi) is 4.55. The number of hydrogen-bond donors (Lipinski definition) is 2. The SMILES string of the molecule is CCc1nnc(C)cc1C(=O)NCC1(CC(=O)O)CCC1. The van der Waals surface area contributed by atoms with Crippen molar-refractivity contribution in [2.24, 2.45) is 5.41 Å². The average molecular weight is 291 g/mol. The first-order valence-electron chi connectivity index (χ1n) is 7.29. The van der Waals surface area contributed by atoms with E-state index >= 15 is 0 Å². The van der Waals surface area contributed by atoms with Crippen molar-refractivity contribution in [2.45, 2.75) is 46.0 Å². The molecule has 1 aromatic rings. The van der Waals surface area contributed by atoms with Crippen LogP contribution in [0, 0.1) is 12.3 Å². The van der Waals surface area contributed by atoms with Crippen molar-refractivity contribution in [1.29, 1.82) is 0 Å². The van der Waals surface area contributed by atoms with Crippen LogP contribution in [0.25, 0.3) is 0 Å². The minimum absolute atomic E-state index is 0.113. The Hall–Kier alpha value is -1.98. The van der Waals surface area contributed by atoms with Crippen LogP contribution in [0.1, 0.15) is 54.4 Å². The van der Waals surface area contributed by atoms with Crippen molar-refractivity contribution in [2.75, 3.05) is 6.54 Å². The summed E-state index contributed by atoms with van der Waals surface area (Å²) in [5.41, 5.74) is 1.62. The van der Waals surface area contributed by atoms with Gasteiger partial charge in [0.15, 0.2) is 0 Å². The highest BCUT2D eigenvalue weighted by molar-refractivity contribution is 5.95. The molecule has 1 heterocycles. The maximum Gasteiger partial charge on any atom is 0.303 e. The summed E-state index contributed by atoms with van der Waals surface area (Å²) in [6.45, 7) is 4.12. The van der Waals surface area contributed by atoms with Crippen molar-refractivity contribution in [3.8, 4) is 0 Å². The molecule has 1 aliphatic carbocycles. The predicted octanol–water partition coefficient (Wildman–Crippen LogP) is 1.72. The summed E-state index contributed by atoms with van der Waals surface area (Å²) < 4.78 is 0. The van der Waals surface area contributed by atoms with Gasteiger partial charge in [0.1, 0.15) is 0 Å². The third-order valence-electron chi connectivity index (χ3n) is 4.14. The van der Waals surface area contributed by atoms with Crippen molar-refractivity contribution >= 4 is 11.9 Å². The van der Waals surface area contributed by atoms with Crippen molar-refractivity contribution in [1.82, 2.24) is 15.5 Å². The summed E-state index contributed by atoms with van der Waals surface area (Å²) in [6.07, 6.45) is 3.48. The third kappa shape index (κ3) is 3.56. The summed E-state index contributed by atoms with van der Waals surface area (Å²) in [5.74, 6) is -0.999. The van der Waals surface area contributed by atoms with Gasteiger partial charge in [-0.3, -0.25) is 9.59 Å². The second-order valence-electron chi connectivity index (χ2n) is 5.81. The van der Waals surface area contributed by atoms with Gasteiger partial charge >= 0.3 is 5.97 Å². The lowest BCUT2D eigenvalue weighted by molar-refractivity contribution is -0.141. The zero-order valence-electron chi connectivity index (χ0n) is 12.5. The topological polar surface area (TPSA) is 92.2 Å². The number of carbonyl (C=O) groups excluding carboxylic acids is 1. The maximum atomic E-state index is 12.3. The predicted molar refractivity (Wildman–Crippen MR) is 77.0 cm³/mol. The fourth-order valence-corrected chi connectivity index (χ4v) is 2.75. The highest BCUT2D eigenvalue weighted by atomic mass is 16.4. The molecule has 1 aromatic heterocycles. The average Bonchev–Trinajstić information content (AvgIpc) is 2.40. The standard InChI is InChI=1S/C15H21N3O3/c1-3-12-11(7-10(2)17-18-12)14(21)16-9-15(5-4-6-15)8-13(19)20/h7H,3-6,8-9H2,1-2H3,(H,16,21)(H,19,20). The molecule has 2 N–H and O–H groups in total. The number of carboxylic acid groups (broad SMARTS) is 1. The van der Waals surface area contributed by atoms with Crippen LogP contribution >= 0.6 is 0 Å². The molecule has 0 aliphatic heterocycles. The van der Waals surface area contributed by atoms with Gasteiger partial charge in [-0.2, -0.15) is 10.2 Å². The molecule has 0 bridgehead atoms. The van der Waals surface area contributed by atoms with E-state index in [1.165, 1.54) is 0 Å². The van der Waals surface area contributed by atoms with Gasteiger partial charge in [0.25, 0.3) is 5.91 Å². The molecule has 1 aliphatic rings. The van der Waals surface area contributed by atoms with Crippen molar-refractivity contribution < 1.29 is 14.7 Å². The Morgan fingerprint density at radius 1 is 1.38 bits per heavy atom. The van der Waals surface area contributed by atoms with Crippen molar-refractivity contribution in [3.63, 3.8) is 0 Å².